The lowest BCUT2D eigenvalue weighted by Gasteiger charge is -2.31. The molecule has 0 atom stereocenters. The molecule has 29 heavy (non-hydrogen) atoms. The standard InChI is InChI=1S/C18H18N8O3/c27-18(21-14-3-1-2-4-15(14)26(28)29)13-7-9-24(10-8-13)16-5-6-17(23-22-16)25-12-19-11-20-25/h1-6,11-13H,7-10H2,(H,21,27). The molecular formula is C18H18N8O3. The Morgan fingerprint density at radius 2 is 1.83 bits per heavy atom. The summed E-state index contributed by atoms with van der Waals surface area (Å²) >= 11 is 0. The zero-order chi connectivity index (χ0) is 20.2. The van der Waals surface area contributed by atoms with Crippen molar-refractivity contribution in [3.05, 3.63) is 59.2 Å². The average molecular weight is 394 g/mol. The van der Waals surface area contributed by atoms with Gasteiger partial charge in [-0.25, -0.2) is 9.67 Å². The van der Waals surface area contributed by atoms with Crippen LogP contribution in [0.2, 0.25) is 0 Å². The molecule has 148 valence electrons. The fourth-order valence-corrected chi connectivity index (χ4v) is 3.28. The summed E-state index contributed by atoms with van der Waals surface area (Å²) in [4.78, 5) is 29.1. The van der Waals surface area contributed by atoms with Crippen LogP contribution in [0.25, 0.3) is 5.82 Å². The van der Waals surface area contributed by atoms with Gasteiger partial charge in [0, 0.05) is 25.1 Å². The fraction of sp³-hybridized carbons (Fsp3) is 0.278. The lowest BCUT2D eigenvalue weighted by molar-refractivity contribution is -0.383. The van der Waals surface area contributed by atoms with Crippen molar-refractivity contribution >= 4 is 23.1 Å². The Morgan fingerprint density at radius 1 is 1.10 bits per heavy atom. The molecule has 0 bridgehead atoms. The quantitative estimate of drug-likeness (QED) is 0.512. The highest BCUT2D eigenvalue weighted by Crippen LogP contribution is 2.27. The first-order valence-electron chi connectivity index (χ1n) is 9.10. The van der Waals surface area contributed by atoms with Crippen LogP contribution in [0.3, 0.4) is 0 Å². The van der Waals surface area contributed by atoms with E-state index in [1.54, 1.807) is 18.5 Å². The van der Waals surface area contributed by atoms with Crippen molar-refractivity contribution in [3.63, 3.8) is 0 Å². The van der Waals surface area contributed by atoms with E-state index in [1.807, 2.05) is 12.1 Å². The molecule has 3 aromatic rings. The molecule has 1 fully saturated rings. The van der Waals surface area contributed by atoms with Gasteiger partial charge in [-0.3, -0.25) is 14.9 Å². The number of aromatic nitrogens is 5. The number of hydrogen-bond acceptors (Lipinski definition) is 8. The normalized spacial score (nSPS) is 14.6. The van der Waals surface area contributed by atoms with Crippen LogP contribution < -0.4 is 10.2 Å². The van der Waals surface area contributed by atoms with E-state index in [9.17, 15) is 14.9 Å². The zero-order valence-corrected chi connectivity index (χ0v) is 15.4. The van der Waals surface area contributed by atoms with Crippen LogP contribution in [0, 0.1) is 16.0 Å². The highest BCUT2D eigenvalue weighted by Gasteiger charge is 2.27. The van der Waals surface area contributed by atoms with Gasteiger partial charge in [-0.1, -0.05) is 12.1 Å². The van der Waals surface area contributed by atoms with Gasteiger partial charge in [0.15, 0.2) is 11.6 Å². The molecule has 0 aliphatic carbocycles. The molecule has 11 nitrogen and oxygen atoms in total. The van der Waals surface area contributed by atoms with Crippen LogP contribution in [0.15, 0.2) is 49.1 Å². The largest absolute Gasteiger partial charge is 0.355 e. The summed E-state index contributed by atoms with van der Waals surface area (Å²) in [5.41, 5.74) is 0.112. The van der Waals surface area contributed by atoms with Gasteiger partial charge >= 0.3 is 0 Å². The molecule has 4 rings (SSSR count). The van der Waals surface area contributed by atoms with Gasteiger partial charge < -0.3 is 10.2 Å². The van der Waals surface area contributed by atoms with Crippen molar-refractivity contribution in [1.29, 1.82) is 0 Å². The van der Waals surface area contributed by atoms with Crippen molar-refractivity contribution in [3.8, 4) is 5.82 Å². The monoisotopic (exact) mass is 394 g/mol. The van der Waals surface area contributed by atoms with Crippen LogP contribution in [-0.4, -0.2) is 48.9 Å². The van der Waals surface area contributed by atoms with E-state index < -0.39 is 4.92 Å². The number of hydrogen-bond donors (Lipinski definition) is 1. The van der Waals surface area contributed by atoms with E-state index >= 15 is 0 Å². The minimum absolute atomic E-state index is 0.110. The minimum Gasteiger partial charge on any atom is -0.355 e. The number of piperidine rings is 1. The fourth-order valence-electron chi connectivity index (χ4n) is 3.28. The van der Waals surface area contributed by atoms with E-state index in [0.29, 0.717) is 31.7 Å². The van der Waals surface area contributed by atoms with Crippen LogP contribution in [0.5, 0.6) is 0 Å². The molecule has 0 spiro atoms. The highest BCUT2D eigenvalue weighted by atomic mass is 16.6. The van der Waals surface area contributed by atoms with Crippen LogP contribution >= 0.6 is 0 Å². The number of benzene rings is 1. The average Bonchev–Trinajstić information content (AvgIpc) is 3.29. The van der Waals surface area contributed by atoms with Crippen molar-refractivity contribution in [2.75, 3.05) is 23.3 Å². The smallest absolute Gasteiger partial charge is 0.292 e. The first kappa shape index (κ1) is 18.5. The lowest BCUT2D eigenvalue weighted by Crippen LogP contribution is -2.38. The number of para-hydroxylation sites is 2. The molecule has 1 N–H and O–H groups in total. The second-order valence-corrected chi connectivity index (χ2v) is 6.61. The Kier molecular flexibility index (Phi) is 5.10. The number of nitrogens with zero attached hydrogens (tertiary/aromatic N) is 7. The van der Waals surface area contributed by atoms with Gasteiger partial charge in [-0.05, 0) is 31.0 Å². The van der Waals surface area contributed by atoms with E-state index in [4.69, 9.17) is 0 Å². The zero-order valence-electron chi connectivity index (χ0n) is 15.4. The number of carbonyl (C=O) groups excluding carboxylic acids is 1. The molecule has 1 amide bonds. The van der Waals surface area contributed by atoms with Crippen LogP contribution in [-0.2, 0) is 4.79 Å². The lowest BCUT2D eigenvalue weighted by atomic mass is 9.95. The number of amides is 1. The highest BCUT2D eigenvalue weighted by molar-refractivity contribution is 5.94. The summed E-state index contributed by atoms with van der Waals surface area (Å²) in [6.07, 6.45) is 4.22. The van der Waals surface area contributed by atoms with Crippen molar-refractivity contribution in [2.24, 2.45) is 5.92 Å². The van der Waals surface area contributed by atoms with Gasteiger partial charge in [0.25, 0.3) is 5.69 Å². The molecular weight excluding hydrogens is 376 g/mol. The summed E-state index contributed by atoms with van der Waals surface area (Å²) in [5.74, 6) is 0.886. The molecule has 2 aromatic heterocycles. The van der Waals surface area contributed by atoms with Gasteiger partial charge in [-0.15, -0.1) is 10.2 Å². The predicted octanol–water partition coefficient (Wildman–Crippen LogP) is 1.82. The van der Waals surface area contributed by atoms with Crippen LogP contribution in [0.4, 0.5) is 17.2 Å². The molecule has 3 heterocycles. The molecule has 11 heteroatoms. The molecule has 1 aromatic carbocycles. The van der Waals surface area contributed by atoms with E-state index in [-0.39, 0.29) is 23.2 Å². The molecule has 1 aliphatic heterocycles. The summed E-state index contributed by atoms with van der Waals surface area (Å²) in [6, 6.07) is 9.81. The Morgan fingerprint density at radius 3 is 2.48 bits per heavy atom. The summed E-state index contributed by atoms with van der Waals surface area (Å²) in [7, 11) is 0. The number of carbonyl (C=O) groups is 1. The first-order valence-corrected chi connectivity index (χ1v) is 9.10. The maximum atomic E-state index is 12.6. The van der Waals surface area contributed by atoms with Crippen molar-refractivity contribution < 1.29 is 9.72 Å². The number of nitrogens with one attached hydrogen (secondary N) is 1. The Labute approximate surface area is 165 Å². The van der Waals surface area contributed by atoms with E-state index in [1.165, 1.54) is 23.1 Å². The van der Waals surface area contributed by atoms with Crippen molar-refractivity contribution in [1.82, 2.24) is 25.0 Å². The summed E-state index contributed by atoms with van der Waals surface area (Å²) in [5, 5.41) is 26.2. The van der Waals surface area contributed by atoms with Crippen molar-refractivity contribution in [2.45, 2.75) is 12.8 Å². The molecule has 1 saturated heterocycles. The first-order chi connectivity index (χ1) is 14.1. The Bertz CT molecular complexity index is 998. The number of nitro benzene ring substituents is 1. The van der Waals surface area contributed by atoms with Gasteiger partial charge in [0.1, 0.15) is 18.3 Å². The van der Waals surface area contributed by atoms with Gasteiger partial charge in [0.2, 0.25) is 5.91 Å². The molecule has 0 unspecified atom stereocenters. The third-order valence-corrected chi connectivity index (χ3v) is 4.84. The third-order valence-electron chi connectivity index (χ3n) is 4.84. The number of nitro groups is 1. The summed E-state index contributed by atoms with van der Waals surface area (Å²) in [6.45, 7) is 1.29. The number of rotatable bonds is 5. The molecule has 0 saturated carbocycles. The molecule has 0 radical (unpaired) electrons. The van der Waals surface area contributed by atoms with Gasteiger partial charge in [-0.2, -0.15) is 5.10 Å². The maximum absolute atomic E-state index is 12.6. The second-order valence-electron chi connectivity index (χ2n) is 6.61. The van der Waals surface area contributed by atoms with E-state index in [2.05, 4.69) is 30.5 Å². The van der Waals surface area contributed by atoms with Crippen LogP contribution in [0.1, 0.15) is 12.8 Å². The predicted molar refractivity (Wildman–Crippen MR) is 104 cm³/mol. The summed E-state index contributed by atoms with van der Waals surface area (Å²) < 4.78 is 1.52. The maximum Gasteiger partial charge on any atom is 0.292 e. The molecule has 1 aliphatic rings. The Hall–Kier alpha value is -3.89. The minimum atomic E-state index is -0.500. The topological polar surface area (TPSA) is 132 Å². The Balaban J connectivity index is 1.36. The number of anilines is 2. The SMILES string of the molecule is O=C(Nc1ccccc1[N+](=O)[O-])C1CCN(c2ccc(-n3cncn3)nn2)CC1. The van der Waals surface area contributed by atoms with Gasteiger partial charge in [0.05, 0.1) is 4.92 Å². The second kappa shape index (κ2) is 8.00. The third kappa shape index (κ3) is 4.03. The van der Waals surface area contributed by atoms with E-state index in [0.717, 1.165) is 5.82 Å².